The molecule has 1 aliphatic rings. The average Bonchev–Trinajstić information content (AvgIpc) is 2.40. The van der Waals surface area contributed by atoms with Crippen molar-refractivity contribution in [2.24, 2.45) is 5.92 Å². The highest BCUT2D eigenvalue weighted by atomic mass is 35.5. The van der Waals surface area contributed by atoms with Gasteiger partial charge < -0.3 is 15.4 Å². The molecule has 1 aromatic rings. The largest absolute Gasteiger partial charge is 0.495 e. The molecule has 1 fully saturated rings. The Kier molecular flexibility index (Phi) is 6.42. The highest BCUT2D eigenvalue weighted by Crippen LogP contribution is 2.28. The molecule has 6 heteroatoms. The Labute approximate surface area is 124 Å². The molecule has 0 aliphatic carbocycles. The van der Waals surface area contributed by atoms with Crippen molar-refractivity contribution < 1.29 is 9.53 Å². The Balaban J connectivity index is 0.00000180. The molecule has 1 aliphatic heterocycles. The first-order valence-corrected chi connectivity index (χ1v) is 6.43. The molecule has 4 nitrogen and oxygen atoms in total. The van der Waals surface area contributed by atoms with Crippen molar-refractivity contribution in [2.45, 2.75) is 12.8 Å². The van der Waals surface area contributed by atoms with Crippen LogP contribution in [-0.2, 0) is 4.79 Å². The predicted octanol–water partition coefficient (Wildman–Crippen LogP) is 2.71. The third kappa shape index (κ3) is 4.27. The first-order chi connectivity index (χ1) is 8.70. The van der Waals surface area contributed by atoms with Crippen molar-refractivity contribution in [1.82, 2.24) is 5.32 Å². The highest BCUT2D eigenvalue weighted by Gasteiger charge is 2.21. The number of carbonyl (C=O) groups is 1. The van der Waals surface area contributed by atoms with Crippen LogP contribution in [0.3, 0.4) is 0 Å². The van der Waals surface area contributed by atoms with E-state index in [-0.39, 0.29) is 24.2 Å². The summed E-state index contributed by atoms with van der Waals surface area (Å²) in [5, 5.41) is 6.68. The molecule has 106 valence electrons. The standard InChI is InChI=1S/C13H17ClN2O2.ClH/c1-18-12-5-4-10(14)7-11(12)16-13(17)9-3-2-6-15-8-9;/h4-5,7,9,15H,2-3,6,8H2,1H3,(H,16,17);1H/t9-;/m1./s1. The summed E-state index contributed by atoms with van der Waals surface area (Å²) in [6.45, 7) is 1.72. The summed E-state index contributed by atoms with van der Waals surface area (Å²) in [7, 11) is 1.57. The number of hydrogen-bond donors (Lipinski definition) is 2. The van der Waals surface area contributed by atoms with Crippen molar-refractivity contribution in [1.29, 1.82) is 0 Å². The van der Waals surface area contributed by atoms with Crippen LogP contribution in [0.4, 0.5) is 5.69 Å². The average molecular weight is 305 g/mol. The third-order valence-electron chi connectivity index (χ3n) is 3.09. The maximum atomic E-state index is 12.1. The fourth-order valence-corrected chi connectivity index (χ4v) is 2.26. The summed E-state index contributed by atoms with van der Waals surface area (Å²) in [4.78, 5) is 12.1. The van der Waals surface area contributed by atoms with E-state index in [1.165, 1.54) is 0 Å². The molecule has 0 aromatic heterocycles. The SMILES string of the molecule is COc1ccc(Cl)cc1NC(=O)[C@@H]1CCCNC1.Cl. The second-order valence-corrected chi connectivity index (χ2v) is 4.81. The molecule has 2 rings (SSSR count). The molecular weight excluding hydrogens is 287 g/mol. The maximum Gasteiger partial charge on any atom is 0.228 e. The molecule has 0 bridgehead atoms. The van der Waals surface area contributed by atoms with E-state index >= 15 is 0 Å². The van der Waals surface area contributed by atoms with Gasteiger partial charge in [0.15, 0.2) is 0 Å². The first-order valence-electron chi connectivity index (χ1n) is 6.06. The lowest BCUT2D eigenvalue weighted by atomic mass is 9.99. The van der Waals surface area contributed by atoms with Gasteiger partial charge in [-0.25, -0.2) is 0 Å². The van der Waals surface area contributed by atoms with Gasteiger partial charge in [0, 0.05) is 11.6 Å². The van der Waals surface area contributed by atoms with E-state index in [4.69, 9.17) is 16.3 Å². The zero-order valence-electron chi connectivity index (χ0n) is 10.7. The summed E-state index contributed by atoms with van der Waals surface area (Å²) >= 11 is 5.92. The summed E-state index contributed by atoms with van der Waals surface area (Å²) in [5.74, 6) is 0.654. The van der Waals surface area contributed by atoms with Gasteiger partial charge in [-0.15, -0.1) is 12.4 Å². The summed E-state index contributed by atoms with van der Waals surface area (Å²) < 4.78 is 5.20. The molecule has 0 saturated carbocycles. The number of piperidine rings is 1. The van der Waals surface area contributed by atoms with Crippen LogP contribution in [0.15, 0.2) is 18.2 Å². The van der Waals surface area contributed by atoms with Gasteiger partial charge in [0.25, 0.3) is 0 Å². The zero-order valence-corrected chi connectivity index (χ0v) is 12.3. The lowest BCUT2D eigenvalue weighted by molar-refractivity contribution is -0.120. The van der Waals surface area contributed by atoms with Gasteiger partial charge in [0.05, 0.1) is 18.7 Å². The fraction of sp³-hybridized carbons (Fsp3) is 0.462. The lowest BCUT2D eigenvalue weighted by Gasteiger charge is -2.22. The molecule has 2 N–H and O–H groups in total. The van der Waals surface area contributed by atoms with Crippen LogP contribution in [0.5, 0.6) is 5.75 Å². The van der Waals surface area contributed by atoms with Gasteiger partial charge in [-0.2, -0.15) is 0 Å². The minimum absolute atomic E-state index is 0. The number of hydrogen-bond acceptors (Lipinski definition) is 3. The van der Waals surface area contributed by atoms with E-state index in [0.717, 1.165) is 25.9 Å². The molecule has 1 atom stereocenters. The molecule has 0 radical (unpaired) electrons. The van der Waals surface area contributed by atoms with Gasteiger partial charge in [-0.3, -0.25) is 4.79 Å². The normalized spacial score (nSPS) is 18.3. The minimum Gasteiger partial charge on any atom is -0.495 e. The number of methoxy groups -OCH3 is 1. The number of benzene rings is 1. The van der Waals surface area contributed by atoms with Crippen molar-refractivity contribution in [3.8, 4) is 5.75 Å². The Morgan fingerprint density at radius 3 is 2.95 bits per heavy atom. The van der Waals surface area contributed by atoms with Crippen molar-refractivity contribution >= 4 is 35.6 Å². The maximum absolute atomic E-state index is 12.1. The van der Waals surface area contributed by atoms with Gasteiger partial charge in [0.1, 0.15) is 5.75 Å². The molecule has 1 aromatic carbocycles. The van der Waals surface area contributed by atoms with Crippen LogP contribution in [-0.4, -0.2) is 26.1 Å². The molecule has 1 saturated heterocycles. The molecule has 1 amide bonds. The first kappa shape index (κ1) is 16.1. The number of ether oxygens (including phenoxy) is 1. The van der Waals surface area contributed by atoms with Gasteiger partial charge in [-0.05, 0) is 37.6 Å². The van der Waals surface area contributed by atoms with Gasteiger partial charge in [-0.1, -0.05) is 11.6 Å². The van der Waals surface area contributed by atoms with E-state index in [1.54, 1.807) is 25.3 Å². The Hall–Kier alpha value is -0.970. The van der Waals surface area contributed by atoms with E-state index in [9.17, 15) is 4.79 Å². The number of rotatable bonds is 3. The van der Waals surface area contributed by atoms with E-state index in [1.807, 2.05) is 0 Å². The van der Waals surface area contributed by atoms with E-state index in [0.29, 0.717) is 16.5 Å². The Morgan fingerprint density at radius 2 is 2.32 bits per heavy atom. The van der Waals surface area contributed by atoms with Crippen LogP contribution < -0.4 is 15.4 Å². The minimum atomic E-state index is 0. The van der Waals surface area contributed by atoms with Crippen molar-refractivity contribution in [2.75, 3.05) is 25.5 Å². The second-order valence-electron chi connectivity index (χ2n) is 4.38. The third-order valence-corrected chi connectivity index (χ3v) is 3.32. The highest BCUT2D eigenvalue weighted by molar-refractivity contribution is 6.31. The van der Waals surface area contributed by atoms with Crippen molar-refractivity contribution in [3.05, 3.63) is 23.2 Å². The predicted molar refractivity (Wildman–Crippen MR) is 79.5 cm³/mol. The smallest absolute Gasteiger partial charge is 0.228 e. The topological polar surface area (TPSA) is 50.4 Å². The number of carbonyl (C=O) groups excluding carboxylic acids is 1. The number of halogens is 2. The van der Waals surface area contributed by atoms with E-state index in [2.05, 4.69) is 10.6 Å². The van der Waals surface area contributed by atoms with Gasteiger partial charge >= 0.3 is 0 Å². The molecular formula is C13H18Cl2N2O2. The number of amides is 1. The monoisotopic (exact) mass is 304 g/mol. The van der Waals surface area contributed by atoms with Crippen LogP contribution >= 0.6 is 24.0 Å². The Morgan fingerprint density at radius 1 is 1.53 bits per heavy atom. The van der Waals surface area contributed by atoms with Crippen LogP contribution in [0.1, 0.15) is 12.8 Å². The van der Waals surface area contributed by atoms with E-state index < -0.39 is 0 Å². The Bertz CT molecular complexity index is 435. The van der Waals surface area contributed by atoms with Crippen LogP contribution in [0, 0.1) is 5.92 Å². The quantitative estimate of drug-likeness (QED) is 0.903. The molecule has 19 heavy (non-hydrogen) atoms. The van der Waals surface area contributed by atoms with Gasteiger partial charge in [0.2, 0.25) is 5.91 Å². The number of anilines is 1. The van der Waals surface area contributed by atoms with Crippen molar-refractivity contribution in [3.63, 3.8) is 0 Å². The second kappa shape index (κ2) is 7.58. The fourth-order valence-electron chi connectivity index (χ4n) is 2.09. The summed E-state index contributed by atoms with van der Waals surface area (Å²) in [5.41, 5.74) is 0.626. The summed E-state index contributed by atoms with van der Waals surface area (Å²) in [6, 6.07) is 5.18. The molecule has 0 spiro atoms. The molecule has 1 heterocycles. The molecule has 0 unspecified atom stereocenters. The van der Waals surface area contributed by atoms with Crippen LogP contribution in [0.2, 0.25) is 5.02 Å². The van der Waals surface area contributed by atoms with Crippen LogP contribution in [0.25, 0.3) is 0 Å². The zero-order chi connectivity index (χ0) is 13.0. The number of nitrogens with one attached hydrogen (secondary N) is 2. The summed E-state index contributed by atoms with van der Waals surface area (Å²) in [6.07, 6.45) is 1.95. The lowest BCUT2D eigenvalue weighted by Crippen LogP contribution is -2.37.